The Balaban J connectivity index is 1.79. The van der Waals surface area contributed by atoms with Crippen molar-refractivity contribution in [1.29, 1.82) is 0 Å². The molecule has 0 aliphatic carbocycles. The van der Waals surface area contributed by atoms with Gasteiger partial charge in [0.2, 0.25) is 5.88 Å². The maximum Gasteiger partial charge on any atom is 0.363 e. The zero-order chi connectivity index (χ0) is 16.5. The minimum atomic E-state index is -0.337. The van der Waals surface area contributed by atoms with Crippen LogP contribution >= 0.6 is 0 Å². The van der Waals surface area contributed by atoms with Crippen molar-refractivity contribution < 1.29 is 9.53 Å². The SMILES string of the molecule is CCC1(C)c2ccnc3c2N2C(=CN(c4ccccc4)C21)C(=O)O3. The molecule has 0 spiro atoms. The highest BCUT2D eigenvalue weighted by atomic mass is 16.5. The molecule has 2 unspecified atom stereocenters. The van der Waals surface area contributed by atoms with Gasteiger partial charge in [0, 0.05) is 23.5 Å². The number of rotatable bonds is 2. The lowest BCUT2D eigenvalue weighted by Gasteiger charge is -2.38. The molecule has 4 heterocycles. The van der Waals surface area contributed by atoms with Gasteiger partial charge in [-0.2, -0.15) is 0 Å². The standard InChI is InChI=1S/C19H17N3O2/c1-3-19(2)13-9-10-20-16-15(13)22-14(17(23)24-16)11-21(18(19)22)12-7-5-4-6-8-12/h4-11,18H,3H2,1-2H3. The fourth-order valence-electron chi connectivity index (χ4n) is 4.18. The first-order chi connectivity index (χ1) is 11.6. The third kappa shape index (κ3) is 1.45. The minimum Gasteiger partial charge on any atom is -0.400 e. The van der Waals surface area contributed by atoms with E-state index >= 15 is 0 Å². The molecular weight excluding hydrogens is 302 g/mol. The molecule has 2 aromatic rings. The van der Waals surface area contributed by atoms with Crippen LogP contribution in [0.15, 0.2) is 54.5 Å². The van der Waals surface area contributed by atoms with E-state index in [4.69, 9.17) is 4.74 Å². The van der Waals surface area contributed by atoms with Crippen LogP contribution in [0.1, 0.15) is 25.8 Å². The molecule has 0 amide bonds. The maximum absolute atomic E-state index is 12.5. The minimum absolute atomic E-state index is 0.0192. The number of para-hydroxylation sites is 1. The Morgan fingerprint density at radius 3 is 2.79 bits per heavy atom. The second kappa shape index (κ2) is 4.38. The number of hydrogen-bond acceptors (Lipinski definition) is 5. The van der Waals surface area contributed by atoms with E-state index in [-0.39, 0.29) is 17.6 Å². The van der Waals surface area contributed by atoms with Crippen molar-refractivity contribution in [2.75, 3.05) is 9.80 Å². The fraction of sp³-hybridized carbons (Fsp3) is 0.263. The van der Waals surface area contributed by atoms with Gasteiger partial charge >= 0.3 is 5.97 Å². The van der Waals surface area contributed by atoms with E-state index in [0.717, 1.165) is 17.8 Å². The van der Waals surface area contributed by atoms with Crippen LogP contribution in [0.4, 0.5) is 11.4 Å². The van der Waals surface area contributed by atoms with Crippen molar-refractivity contribution in [2.24, 2.45) is 0 Å². The molecule has 5 heteroatoms. The lowest BCUT2D eigenvalue weighted by molar-refractivity contribution is -0.130. The lowest BCUT2D eigenvalue weighted by atomic mass is 9.79. The summed E-state index contributed by atoms with van der Waals surface area (Å²) in [7, 11) is 0. The molecule has 0 radical (unpaired) electrons. The van der Waals surface area contributed by atoms with Gasteiger partial charge in [-0.15, -0.1) is 0 Å². The summed E-state index contributed by atoms with van der Waals surface area (Å²) >= 11 is 0. The Kier molecular flexibility index (Phi) is 2.48. The molecule has 1 aromatic carbocycles. The molecule has 5 nitrogen and oxygen atoms in total. The van der Waals surface area contributed by atoms with E-state index in [2.05, 4.69) is 46.8 Å². The quantitative estimate of drug-likeness (QED) is 0.796. The summed E-state index contributed by atoms with van der Waals surface area (Å²) in [6.07, 6.45) is 4.61. The highest BCUT2D eigenvalue weighted by molar-refractivity contribution is 6.02. The average Bonchev–Trinajstić information content (AvgIpc) is 3.13. The lowest BCUT2D eigenvalue weighted by Crippen LogP contribution is -2.49. The van der Waals surface area contributed by atoms with Crippen LogP contribution in [-0.2, 0) is 10.2 Å². The number of anilines is 2. The summed E-state index contributed by atoms with van der Waals surface area (Å²) in [6.45, 7) is 4.44. The molecule has 0 bridgehead atoms. The van der Waals surface area contributed by atoms with Gasteiger partial charge in [0.15, 0.2) is 0 Å². The summed E-state index contributed by atoms with van der Waals surface area (Å²) in [5.41, 5.74) is 3.66. The molecule has 0 fully saturated rings. The Morgan fingerprint density at radius 2 is 2.04 bits per heavy atom. The second-order valence-electron chi connectivity index (χ2n) is 6.67. The van der Waals surface area contributed by atoms with E-state index in [9.17, 15) is 4.79 Å². The Bertz CT molecular complexity index is 893. The van der Waals surface area contributed by atoms with Crippen LogP contribution in [0.3, 0.4) is 0 Å². The van der Waals surface area contributed by atoms with Gasteiger partial charge in [0.25, 0.3) is 0 Å². The zero-order valence-corrected chi connectivity index (χ0v) is 13.6. The monoisotopic (exact) mass is 319 g/mol. The molecule has 1 aromatic heterocycles. The first-order valence-electron chi connectivity index (χ1n) is 8.21. The number of carbonyl (C=O) groups excluding carboxylic acids is 1. The predicted molar refractivity (Wildman–Crippen MR) is 90.8 cm³/mol. The molecule has 0 N–H and O–H groups in total. The Labute approximate surface area is 140 Å². The van der Waals surface area contributed by atoms with Crippen LogP contribution in [0.2, 0.25) is 0 Å². The third-order valence-corrected chi connectivity index (χ3v) is 5.53. The van der Waals surface area contributed by atoms with E-state index < -0.39 is 0 Å². The van der Waals surface area contributed by atoms with Crippen molar-refractivity contribution in [3.8, 4) is 5.88 Å². The van der Waals surface area contributed by atoms with E-state index in [1.807, 2.05) is 24.4 Å². The third-order valence-electron chi connectivity index (χ3n) is 5.53. The number of aromatic nitrogens is 1. The second-order valence-corrected chi connectivity index (χ2v) is 6.67. The average molecular weight is 319 g/mol. The summed E-state index contributed by atoms with van der Waals surface area (Å²) in [6, 6.07) is 12.2. The molecule has 2 atom stereocenters. The largest absolute Gasteiger partial charge is 0.400 e. The number of ether oxygens (including phenoxy) is 1. The van der Waals surface area contributed by atoms with Gasteiger partial charge in [-0.25, -0.2) is 9.78 Å². The number of hydrogen-bond donors (Lipinski definition) is 0. The Hall–Kier alpha value is -2.82. The molecule has 3 aliphatic rings. The van der Waals surface area contributed by atoms with Crippen LogP contribution in [0.5, 0.6) is 5.88 Å². The van der Waals surface area contributed by atoms with E-state index in [1.54, 1.807) is 6.20 Å². The van der Waals surface area contributed by atoms with Gasteiger partial charge in [0.1, 0.15) is 17.6 Å². The summed E-state index contributed by atoms with van der Waals surface area (Å²) < 4.78 is 5.49. The van der Waals surface area contributed by atoms with E-state index in [0.29, 0.717) is 11.6 Å². The van der Waals surface area contributed by atoms with Crippen LogP contribution < -0.4 is 14.5 Å². The van der Waals surface area contributed by atoms with Crippen molar-refractivity contribution in [3.05, 3.63) is 60.1 Å². The smallest absolute Gasteiger partial charge is 0.363 e. The first kappa shape index (κ1) is 13.6. The Morgan fingerprint density at radius 1 is 1.25 bits per heavy atom. The van der Waals surface area contributed by atoms with Crippen LogP contribution in [-0.4, -0.2) is 17.1 Å². The number of esters is 1. The van der Waals surface area contributed by atoms with Gasteiger partial charge in [-0.05, 0) is 30.2 Å². The maximum atomic E-state index is 12.5. The van der Waals surface area contributed by atoms with Crippen LogP contribution in [0.25, 0.3) is 0 Å². The van der Waals surface area contributed by atoms with Crippen molar-refractivity contribution >= 4 is 17.3 Å². The van der Waals surface area contributed by atoms with Gasteiger partial charge in [0.05, 0.1) is 0 Å². The van der Waals surface area contributed by atoms with Crippen LogP contribution in [0, 0.1) is 0 Å². The number of carbonyl (C=O) groups is 1. The zero-order valence-electron chi connectivity index (χ0n) is 13.6. The topological polar surface area (TPSA) is 45.7 Å². The molecule has 5 rings (SSSR count). The highest BCUT2D eigenvalue weighted by Crippen LogP contribution is 2.57. The van der Waals surface area contributed by atoms with Crippen molar-refractivity contribution in [2.45, 2.75) is 31.8 Å². The van der Waals surface area contributed by atoms with Gasteiger partial charge in [-0.3, -0.25) is 0 Å². The number of pyridine rings is 1. The number of nitrogens with zero attached hydrogens (tertiary/aromatic N) is 3. The normalized spacial score (nSPS) is 26.3. The van der Waals surface area contributed by atoms with Crippen molar-refractivity contribution in [1.82, 2.24) is 4.98 Å². The summed E-state index contributed by atoms with van der Waals surface area (Å²) in [5, 5.41) is 0. The number of benzene rings is 1. The summed E-state index contributed by atoms with van der Waals surface area (Å²) in [5.74, 6) is 0.0858. The molecule has 120 valence electrons. The summed E-state index contributed by atoms with van der Waals surface area (Å²) in [4.78, 5) is 21.1. The van der Waals surface area contributed by atoms with E-state index in [1.165, 1.54) is 5.56 Å². The first-order valence-corrected chi connectivity index (χ1v) is 8.21. The van der Waals surface area contributed by atoms with Crippen molar-refractivity contribution in [3.63, 3.8) is 0 Å². The molecule has 3 aliphatic heterocycles. The molecule has 0 saturated heterocycles. The molecule has 0 saturated carbocycles. The molecular formula is C19H17N3O2. The highest BCUT2D eigenvalue weighted by Gasteiger charge is 2.58. The predicted octanol–water partition coefficient (Wildman–Crippen LogP) is 3.18. The fourth-order valence-corrected chi connectivity index (χ4v) is 4.18. The molecule has 24 heavy (non-hydrogen) atoms. The van der Waals surface area contributed by atoms with Gasteiger partial charge < -0.3 is 14.5 Å². The van der Waals surface area contributed by atoms with Gasteiger partial charge in [-0.1, -0.05) is 32.0 Å².